The molecule has 4 rings (SSSR count). The highest BCUT2D eigenvalue weighted by atomic mass is 16.5. The molecule has 2 aromatic carbocycles. The van der Waals surface area contributed by atoms with Crippen molar-refractivity contribution in [2.45, 2.75) is 19.4 Å². The van der Waals surface area contributed by atoms with Crippen LogP contribution in [0.2, 0.25) is 0 Å². The molecule has 0 radical (unpaired) electrons. The second kappa shape index (κ2) is 9.99. The van der Waals surface area contributed by atoms with Crippen molar-refractivity contribution in [1.82, 2.24) is 9.97 Å². The molecule has 0 amide bonds. The van der Waals surface area contributed by atoms with Gasteiger partial charge in [-0.3, -0.25) is 14.6 Å². The van der Waals surface area contributed by atoms with E-state index in [4.69, 9.17) is 9.47 Å². The van der Waals surface area contributed by atoms with Crippen LogP contribution in [0.25, 0.3) is 10.9 Å². The van der Waals surface area contributed by atoms with Gasteiger partial charge in [-0.1, -0.05) is 36.4 Å². The summed E-state index contributed by atoms with van der Waals surface area (Å²) >= 11 is 0. The highest BCUT2D eigenvalue weighted by molar-refractivity contribution is 6.11. The number of Topliss-reactive ketones (excluding diaryl/α,β-unsaturated/α-hetero) is 1. The number of nitrogens with zero attached hydrogens (tertiary/aromatic N) is 1. The molecule has 33 heavy (non-hydrogen) atoms. The van der Waals surface area contributed by atoms with Crippen molar-refractivity contribution in [3.63, 3.8) is 0 Å². The molecule has 0 fully saturated rings. The zero-order valence-corrected chi connectivity index (χ0v) is 18.5. The summed E-state index contributed by atoms with van der Waals surface area (Å²) in [5.74, 6) is 0.216. The first-order valence-electron chi connectivity index (χ1n) is 10.6. The Bertz CT molecular complexity index is 1270. The van der Waals surface area contributed by atoms with E-state index in [2.05, 4.69) is 15.3 Å². The Kier molecular flexibility index (Phi) is 6.69. The third-order valence-electron chi connectivity index (χ3n) is 5.36. The monoisotopic (exact) mass is 443 g/mol. The summed E-state index contributed by atoms with van der Waals surface area (Å²) in [6.07, 6.45) is 5.59. The highest BCUT2D eigenvalue weighted by Gasteiger charge is 2.25. The standard InChI is InChI=1S/C26H25N3O4/c1-17(30)33-11-10-18-8-9-24-22(12-18)23(16-28-24)26(31)25(19-6-4-3-5-7-19)29-20-13-21(32-2)15-27-14-20/h3-9,12-16,25,28-29H,10-11H2,1-2H3. The van der Waals surface area contributed by atoms with Crippen molar-refractivity contribution < 1.29 is 19.1 Å². The summed E-state index contributed by atoms with van der Waals surface area (Å²) in [6, 6.07) is 16.6. The SMILES string of the molecule is COc1cncc(NC(C(=O)c2c[nH]c3ccc(CCOC(C)=O)cc23)c2ccccc2)c1. The van der Waals surface area contributed by atoms with Crippen LogP contribution in [0, 0.1) is 0 Å². The van der Waals surface area contributed by atoms with Crippen LogP contribution in [0.5, 0.6) is 5.75 Å². The molecular weight excluding hydrogens is 418 g/mol. The van der Waals surface area contributed by atoms with Gasteiger partial charge in [0.15, 0.2) is 5.78 Å². The van der Waals surface area contributed by atoms with Gasteiger partial charge in [-0.15, -0.1) is 0 Å². The first-order chi connectivity index (χ1) is 16.0. The molecule has 2 N–H and O–H groups in total. The van der Waals surface area contributed by atoms with Crippen molar-refractivity contribution >= 4 is 28.3 Å². The van der Waals surface area contributed by atoms with Gasteiger partial charge in [-0.2, -0.15) is 0 Å². The van der Waals surface area contributed by atoms with Crippen LogP contribution in [-0.4, -0.2) is 35.4 Å². The van der Waals surface area contributed by atoms with Gasteiger partial charge < -0.3 is 19.8 Å². The van der Waals surface area contributed by atoms with Gasteiger partial charge in [0, 0.05) is 42.1 Å². The summed E-state index contributed by atoms with van der Waals surface area (Å²) in [7, 11) is 1.58. The number of methoxy groups -OCH3 is 1. The number of ketones is 1. The molecule has 0 saturated heterocycles. The lowest BCUT2D eigenvalue weighted by Gasteiger charge is -2.19. The van der Waals surface area contributed by atoms with E-state index >= 15 is 0 Å². The molecule has 0 spiro atoms. The number of hydrogen-bond donors (Lipinski definition) is 2. The van der Waals surface area contributed by atoms with Crippen molar-refractivity contribution in [3.05, 3.63) is 89.9 Å². The molecule has 0 bridgehead atoms. The Morgan fingerprint density at radius 3 is 2.67 bits per heavy atom. The van der Waals surface area contributed by atoms with E-state index in [1.807, 2.05) is 48.5 Å². The number of benzene rings is 2. The van der Waals surface area contributed by atoms with Gasteiger partial charge in [0.2, 0.25) is 0 Å². The van der Waals surface area contributed by atoms with E-state index in [0.29, 0.717) is 30.0 Å². The van der Waals surface area contributed by atoms with Crippen molar-refractivity contribution in [1.29, 1.82) is 0 Å². The predicted octanol–water partition coefficient (Wildman–Crippen LogP) is 4.71. The molecule has 2 aromatic heterocycles. The zero-order valence-electron chi connectivity index (χ0n) is 18.5. The van der Waals surface area contributed by atoms with E-state index in [0.717, 1.165) is 22.0 Å². The smallest absolute Gasteiger partial charge is 0.302 e. The molecule has 0 aliphatic rings. The second-order valence-corrected chi connectivity index (χ2v) is 7.64. The van der Waals surface area contributed by atoms with Crippen LogP contribution in [0.4, 0.5) is 5.69 Å². The molecular formula is C26H25N3O4. The number of esters is 1. The Hall–Kier alpha value is -4.13. The van der Waals surface area contributed by atoms with Crippen molar-refractivity contribution in [2.75, 3.05) is 19.0 Å². The van der Waals surface area contributed by atoms with Crippen LogP contribution in [0.1, 0.15) is 34.5 Å². The number of aromatic nitrogens is 2. The number of aromatic amines is 1. The lowest BCUT2D eigenvalue weighted by atomic mass is 9.96. The molecule has 7 heteroatoms. The predicted molar refractivity (Wildman–Crippen MR) is 127 cm³/mol. The van der Waals surface area contributed by atoms with E-state index < -0.39 is 6.04 Å². The van der Waals surface area contributed by atoms with Crippen LogP contribution in [0.15, 0.2) is 73.2 Å². The normalized spacial score (nSPS) is 11.7. The molecule has 2 heterocycles. The van der Waals surface area contributed by atoms with Crippen LogP contribution in [-0.2, 0) is 16.0 Å². The number of fused-ring (bicyclic) bond motifs is 1. The molecule has 0 aliphatic heterocycles. The minimum atomic E-state index is -0.621. The first-order valence-corrected chi connectivity index (χ1v) is 10.6. The van der Waals surface area contributed by atoms with E-state index in [-0.39, 0.29) is 11.8 Å². The van der Waals surface area contributed by atoms with Crippen LogP contribution < -0.4 is 10.1 Å². The maximum Gasteiger partial charge on any atom is 0.302 e. The number of hydrogen-bond acceptors (Lipinski definition) is 6. The maximum atomic E-state index is 13.8. The number of nitrogens with one attached hydrogen (secondary N) is 2. The van der Waals surface area contributed by atoms with Gasteiger partial charge in [-0.25, -0.2) is 0 Å². The summed E-state index contributed by atoms with van der Waals surface area (Å²) in [4.78, 5) is 32.2. The third kappa shape index (κ3) is 5.20. The number of carbonyl (C=O) groups is 2. The fourth-order valence-corrected chi connectivity index (χ4v) is 3.72. The van der Waals surface area contributed by atoms with Gasteiger partial charge in [-0.05, 0) is 23.3 Å². The van der Waals surface area contributed by atoms with Crippen molar-refractivity contribution in [2.24, 2.45) is 0 Å². The number of H-pyrrole nitrogens is 1. The number of anilines is 1. The Morgan fingerprint density at radius 1 is 1.09 bits per heavy atom. The summed E-state index contributed by atoms with van der Waals surface area (Å²) in [5, 5.41) is 4.15. The third-order valence-corrected chi connectivity index (χ3v) is 5.36. The molecule has 7 nitrogen and oxygen atoms in total. The molecule has 4 aromatic rings. The minimum Gasteiger partial charge on any atom is -0.495 e. The van der Waals surface area contributed by atoms with E-state index in [1.165, 1.54) is 6.92 Å². The van der Waals surface area contributed by atoms with E-state index in [9.17, 15) is 9.59 Å². The van der Waals surface area contributed by atoms with Gasteiger partial charge in [0.05, 0.1) is 31.8 Å². The van der Waals surface area contributed by atoms with Gasteiger partial charge in [0.25, 0.3) is 0 Å². The molecule has 0 saturated carbocycles. The largest absolute Gasteiger partial charge is 0.495 e. The zero-order chi connectivity index (χ0) is 23.2. The minimum absolute atomic E-state index is 0.0765. The van der Waals surface area contributed by atoms with Gasteiger partial charge >= 0.3 is 5.97 Å². The lowest BCUT2D eigenvalue weighted by Crippen LogP contribution is -2.21. The number of carbonyl (C=O) groups excluding carboxylic acids is 2. The van der Waals surface area contributed by atoms with Crippen LogP contribution >= 0.6 is 0 Å². The highest BCUT2D eigenvalue weighted by Crippen LogP contribution is 2.29. The quantitative estimate of drug-likeness (QED) is 0.287. The molecule has 1 unspecified atom stereocenters. The summed E-state index contributed by atoms with van der Waals surface area (Å²) in [5.41, 5.74) is 3.95. The molecule has 0 aliphatic carbocycles. The lowest BCUT2D eigenvalue weighted by molar-refractivity contribution is -0.140. The van der Waals surface area contributed by atoms with Crippen LogP contribution in [0.3, 0.4) is 0 Å². The van der Waals surface area contributed by atoms with Gasteiger partial charge in [0.1, 0.15) is 11.8 Å². The molecule has 168 valence electrons. The number of rotatable bonds is 9. The number of pyridine rings is 1. The Labute approximate surface area is 191 Å². The summed E-state index contributed by atoms with van der Waals surface area (Å²) in [6.45, 7) is 1.69. The Balaban J connectivity index is 1.67. The topological polar surface area (TPSA) is 93.3 Å². The molecule has 1 atom stereocenters. The average Bonchev–Trinajstić information content (AvgIpc) is 3.26. The van der Waals surface area contributed by atoms with E-state index in [1.54, 1.807) is 31.8 Å². The summed E-state index contributed by atoms with van der Waals surface area (Å²) < 4.78 is 10.3. The second-order valence-electron chi connectivity index (χ2n) is 7.64. The maximum absolute atomic E-state index is 13.8. The Morgan fingerprint density at radius 2 is 1.91 bits per heavy atom. The fourth-order valence-electron chi connectivity index (χ4n) is 3.72. The average molecular weight is 444 g/mol. The fraction of sp³-hybridized carbons (Fsp3) is 0.192. The first kappa shape index (κ1) is 22.1. The van der Waals surface area contributed by atoms with Crippen molar-refractivity contribution in [3.8, 4) is 5.75 Å². The number of ether oxygens (including phenoxy) is 2.